The number of ether oxygens (including phenoxy) is 1. The molecule has 0 aliphatic carbocycles. The molecule has 10 nitrogen and oxygen atoms in total. The maximum absolute atomic E-state index is 14.5. The van der Waals surface area contributed by atoms with Gasteiger partial charge in [0.05, 0.1) is 24.6 Å². The lowest BCUT2D eigenvalue weighted by Gasteiger charge is -2.53. The summed E-state index contributed by atoms with van der Waals surface area (Å²) in [5, 5.41) is 29.5. The van der Waals surface area contributed by atoms with Crippen molar-refractivity contribution in [1.82, 2.24) is 15.4 Å². The number of alkyl carbamates (subject to hydrolysis) is 1. The zero-order valence-electron chi connectivity index (χ0n) is 24.6. The molecule has 0 spiro atoms. The Labute approximate surface area is 247 Å². The lowest BCUT2D eigenvalue weighted by Crippen LogP contribution is -2.61. The number of methoxy groups -OCH3 is 1. The molecular weight excluding hydrogens is 564 g/mol. The summed E-state index contributed by atoms with van der Waals surface area (Å²) in [5.41, 5.74) is -1.51. The number of Topliss-reactive ketones (excluding diaryl/α,β-unsaturated/α-hetero) is 1. The number of hydrogen-bond acceptors (Lipinski definition) is 7. The Morgan fingerprint density at radius 3 is 2.47 bits per heavy atom. The number of aliphatic hydroxyl groups is 1. The number of nitrogens with one attached hydrogen (secondary N) is 1. The summed E-state index contributed by atoms with van der Waals surface area (Å²) in [6.45, 7) is 6.78. The van der Waals surface area contributed by atoms with Gasteiger partial charge < -0.3 is 29.7 Å². The van der Waals surface area contributed by atoms with Crippen molar-refractivity contribution in [3.05, 3.63) is 76.5 Å². The molecule has 0 bridgehead atoms. The fourth-order valence-electron chi connectivity index (χ4n) is 6.04. The predicted molar refractivity (Wildman–Crippen MR) is 152 cm³/mol. The van der Waals surface area contributed by atoms with Crippen LogP contribution in [-0.2, 0) is 16.8 Å². The molecule has 12 heteroatoms. The van der Waals surface area contributed by atoms with Gasteiger partial charge in [-0.15, -0.1) is 0 Å². The lowest BCUT2D eigenvalue weighted by atomic mass is 9.63. The largest absolute Gasteiger partial charge is 0.465 e. The first-order chi connectivity index (χ1) is 20.2. The SMILES string of the molecule is COC(=O)NCCc1ccccc1-c1onc([C@H]2C(C(C)(C)C)N(C(=O)O)CC[C@]2(O)c2ccc(F)c(F)c2)c1C(C)=O. The number of ketones is 1. The molecule has 1 unspecified atom stereocenters. The van der Waals surface area contributed by atoms with Crippen molar-refractivity contribution < 1.29 is 42.6 Å². The highest BCUT2D eigenvalue weighted by molar-refractivity contribution is 6.01. The normalized spacial score (nSPS) is 20.5. The van der Waals surface area contributed by atoms with Gasteiger partial charge >= 0.3 is 12.2 Å². The second kappa shape index (κ2) is 12.1. The van der Waals surface area contributed by atoms with Crippen LogP contribution in [0.5, 0.6) is 0 Å². The molecule has 0 saturated carbocycles. The van der Waals surface area contributed by atoms with Gasteiger partial charge in [0.15, 0.2) is 23.2 Å². The molecule has 3 aromatic rings. The van der Waals surface area contributed by atoms with E-state index in [1.54, 1.807) is 45.0 Å². The zero-order valence-corrected chi connectivity index (χ0v) is 24.6. The minimum atomic E-state index is -1.96. The van der Waals surface area contributed by atoms with Crippen LogP contribution >= 0.6 is 0 Å². The summed E-state index contributed by atoms with van der Waals surface area (Å²) in [6, 6.07) is 9.10. The van der Waals surface area contributed by atoms with E-state index in [0.29, 0.717) is 17.5 Å². The maximum Gasteiger partial charge on any atom is 0.407 e. The highest BCUT2D eigenvalue weighted by Crippen LogP contribution is 2.53. The summed E-state index contributed by atoms with van der Waals surface area (Å²) >= 11 is 0. The van der Waals surface area contributed by atoms with E-state index in [1.165, 1.54) is 25.0 Å². The van der Waals surface area contributed by atoms with Crippen LogP contribution in [0.15, 0.2) is 47.0 Å². The van der Waals surface area contributed by atoms with Crippen LogP contribution in [0.3, 0.4) is 0 Å². The van der Waals surface area contributed by atoms with E-state index in [2.05, 4.69) is 15.2 Å². The average Bonchev–Trinajstić information content (AvgIpc) is 3.38. The number of aromatic nitrogens is 1. The molecule has 2 heterocycles. The number of carboxylic acid groups (broad SMARTS) is 1. The number of nitrogens with zero attached hydrogens (tertiary/aromatic N) is 2. The molecule has 3 atom stereocenters. The predicted octanol–water partition coefficient (Wildman–Crippen LogP) is 5.49. The Bertz CT molecular complexity index is 1530. The zero-order chi connectivity index (χ0) is 31.7. The van der Waals surface area contributed by atoms with Crippen LogP contribution in [0.25, 0.3) is 11.3 Å². The maximum atomic E-state index is 14.5. The average molecular weight is 600 g/mol. The van der Waals surface area contributed by atoms with Gasteiger partial charge in [0.1, 0.15) is 11.3 Å². The molecule has 1 saturated heterocycles. The highest BCUT2D eigenvalue weighted by atomic mass is 19.2. The van der Waals surface area contributed by atoms with Gasteiger partial charge in [0.2, 0.25) is 0 Å². The van der Waals surface area contributed by atoms with Gasteiger partial charge in [0.25, 0.3) is 0 Å². The molecule has 1 aromatic heterocycles. The Balaban J connectivity index is 1.95. The number of benzene rings is 2. The monoisotopic (exact) mass is 599 g/mol. The summed E-state index contributed by atoms with van der Waals surface area (Å²) in [4.78, 5) is 38.6. The van der Waals surface area contributed by atoms with E-state index in [4.69, 9.17) is 4.52 Å². The standard InChI is InChI=1S/C31H35F2N3O7/c1-17(37)23-25(35-43-26(23)20-9-7-6-8-18(20)12-14-34-28(38)42-5)24-27(30(2,3)4)36(29(39)40)15-13-31(24,41)19-10-11-21(32)22(33)16-19/h6-11,16,24,27,41H,12-15H2,1-5H3,(H,34,38)(H,39,40)/t24-,27?,31-/m0/s1. The second-order valence-corrected chi connectivity index (χ2v) is 11.7. The van der Waals surface area contributed by atoms with E-state index in [-0.39, 0.29) is 42.1 Å². The number of carbonyl (C=O) groups excluding carboxylic acids is 2. The fraction of sp³-hybridized carbons (Fsp3) is 0.419. The molecular formula is C31H35F2N3O7. The highest BCUT2D eigenvalue weighted by Gasteiger charge is 2.56. The van der Waals surface area contributed by atoms with Gasteiger partial charge in [0, 0.05) is 18.7 Å². The topological polar surface area (TPSA) is 142 Å². The number of hydrogen-bond donors (Lipinski definition) is 3. The second-order valence-electron chi connectivity index (χ2n) is 11.7. The molecule has 1 aliphatic rings. The minimum absolute atomic E-state index is 0.00287. The molecule has 4 rings (SSSR count). The molecule has 0 radical (unpaired) electrons. The summed E-state index contributed by atoms with van der Waals surface area (Å²) in [6.07, 6.45) is -1.68. The van der Waals surface area contributed by atoms with Crippen LogP contribution < -0.4 is 5.32 Å². The van der Waals surface area contributed by atoms with Gasteiger partial charge in [-0.25, -0.2) is 18.4 Å². The third-order valence-electron chi connectivity index (χ3n) is 7.93. The van der Waals surface area contributed by atoms with Gasteiger partial charge in [-0.2, -0.15) is 0 Å². The van der Waals surface area contributed by atoms with Crippen molar-refractivity contribution in [2.75, 3.05) is 20.2 Å². The Morgan fingerprint density at radius 1 is 1.16 bits per heavy atom. The van der Waals surface area contributed by atoms with E-state index in [9.17, 15) is 33.4 Å². The molecule has 43 heavy (non-hydrogen) atoms. The molecule has 1 aliphatic heterocycles. The molecule has 230 valence electrons. The first-order valence-corrected chi connectivity index (χ1v) is 13.8. The first-order valence-electron chi connectivity index (χ1n) is 13.8. The van der Waals surface area contributed by atoms with E-state index in [0.717, 1.165) is 12.1 Å². The van der Waals surface area contributed by atoms with E-state index >= 15 is 0 Å². The third-order valence-corrected chi connectivity index (χ3v) is 7.93. The van der Waals surface area contributed by atoms with Gasteiger partial charge in [-0.05, 0) is 48.4 Å². The van der Waals surface area contributed by atoms with Crippen molar-refractivity contribution in [3.8, 4) is 11.3 Å². The smallest absolute Gasteiger partial charge is 0.407 e. The quantitative estimate of drug-likeness (QED) is 0.303. The number of rotatable bonds is 7. The lowest BCUT2D eigenvalue weighted by molar-refractivity contribution is -0.0928. The van der Waals surface area contributed by atoms with E-state index in [1.807, 2.05) is 0 Å². The number of piperidine rings is 1. The van der Waals surface area contributed by atoms with Crippen LogP contribution in [0.1, 0.15) is 67.2 Å². The van der Waals surface area contributed by atoms with Gasteiger partial charge in [-0.3, -0.25) is 4.79 Å². The van der Waals surface area contributed by atoms with Crippen LogP contribution in [-0.4, -0.2) is 64.5 Å². The van der Waals surface area contributed by atoms with Crippen molar-refractivity contribution in [2.24, 2.45) is 5.41 Å². The number of likely N-dealkylation sites (tertiary alicyclic amines) is 1. The van der Waals surface area contributed by atoms with Crippen molar-refractivity contribution >= 4 is 18.0 Å². The fourth-order valence-corrected chi connectivity index (χ4v) is 6.04. The summed E-state index contributed by atoms with van der Waals surface area (Å²) < 4.78 is 38.9. The van der Waals surface area contributed by atoms with Crippen molar-refractivity contribution in [2.45, 2.75) is 58.1 Å². The number of carbonyl (C=O) groups is 3. The van der Waals surface area contributed by atoms with Crippen LogP contribution in [0.4, 0.5) is 18.4 Å². The van der Waals surface area contributed by atoms with Crippen LogP contribution in [0.2, 0.25) is 0 Å². The minimum Gasteiger partial charge on any atom is -0.465 e. The number of halogens is 2. The summed E-state index contributed by atoms with van der Waals surface area (Å²) in [7, 11) is 1.25. The summed E-state index contributed by atoms with van der Waals surface area (Å²) in [5.74, 6) is -3.86. The van der Waals surface area contributed by atoms with Crippen LogP contribution in [0, 0.1) is 17.0 Å². The Hall–Kier alpha value is -4.32. The molecule has 2 amide bonds. The van der Waals surface area contributed by atoms with Crippen molar-refractivity contribution in [1.29, 1.82) is 0 Å². The molecule has 2 aromatic carbocycles. The molecule has 1 fully saturated rings. The van der Waals surface area contributed by atoms with E-state index < -0.39 is 52.6 Å². The first kappa shape index (κ1) is 31.6. The molecule has 3 N–H and O–H groups in total. The van der Waals surface area contributed by atoms with Crippen molar-refractivity contribution in [3.63, 3.8) is 0 Å². The third kappa shape index (κ3) is 6.10. The Kier molecular flexibility index (Phi) is 8.91. The Morgan fingerprint density at radius 2 is 1.86 bits per heavy atom. The van der Waals surface area contributed by atoms with Gasteiger partial charge in [-0.1, -0.05) is 56.3 Å². The number of amides is 2.